The van der Waals surface area contributed by atoms with Crippen LogP contribution in [0.2, 0.25) is 0 Å². The fourth-order valence-electron chi connectivity index (χ4n) is 3.34. The number of aliphatic carboxylic acids is 1. The molecule has 4 rings (SSSR count). The molecule has 0 fully saturated rings. The van der Waals surface area contributed by atoms with Crippen molar-refractivity contribution in [3.05, 3.63) is 78.0 Å². The molecule has 0 radical (unpaired) electrons. The summed E-state index contributed by atoms with van der Waals surface area (Å²) in [6, 6.07) is 16.4. The quantitative estimate of drug-likeness (QED) is 0.324. The summed E-state index contributed by atoms with van der Waals surface area (Å²) in [6.07, 6.45) is 1.72. The van der Waals surface area contributed by atoms with Crippen molar-refractivity contribution >= 4 is 38.2 Å². The molecule has 0 saturated heterocycles. The first-order chi connectivity index (χ1) is 14.9. The summed E-state index contributed by atoms with van der Waals surface area (Å²) < 4.78 is 28.1. The standard InChI is InChI=1S/C22H20N2O5S2/c25-13-14-5-7-15(8-6-14)20-9-10-21(30-20)31(28,29)24-19(22(26)27)11-16-12-23-18-4-2-1-3-17(16)18/h1-10,12,19,23-25H,11,13H2,(H,26,27)/t19-/m0/s1. The van der Waals surface area contributed by atoms with Crippen molar-refractivity contribution in [2.45, 2.75) is 23.3 Å². The van der Waals surface area contributed by atoms with Gasteiger partial charge in [-0.3, -0.25) is 4.79 Å². The van der Waals surface area contributed by atoms with Gasteiger partial charge in [0.05, 0.1) is 6.61 Å². The molecule has 0 aliphatic carbocycles. The Hall–Kier alpha value is -2.98. The Morgan fingerprint density at radius 3 is 2.52 bits per heavy atom. The number of carboxylic acid groups (broad SMARTS) is 1. The molecule has 2 aromatic heterocycles. The number of fused-ring (bicyclic) bond motifs is 1. The first kappa shape index (κ1) is 21.3. The molecule has 1 atom stereocenters. The second kappa shape index (κ2) is 8.64. The molecule has 0 bridgehead atoms. The van der Waals surface area contributed by atoms with Crippen molar-refractivity contribution in [2.75, 3.05) is 0 Å². The van der Waals surface area contributed by atoms with E-state index >= 15 is 0 Å². The van der Waals surface area contributed by atoms with Crippen LogP contribution in [0.3, 0.4) is 0 Å². The number of aromatic amines is 1. The lowest BCUT2D eigenvalue weighted by Gasteiger charge is -2.13. The molecule has 4 aromatic rings. The lowest BCUT2D eigenvalue weighted by atomic mass is 10.1. The molecule has 0 spiro atoms. The number of sulfonamides is 1. The van der Waals surface area contributed by atoms with E-state index in [1.807, 2.05) is 24.3 Å². The van der Waals surface area contributed by atoms with E-state index in [-0.39, 0.29) is 17.2 Å². The number of hydrogen-bond donors (Lipinski definition) is 4. The van der Waals surface area contributed by atoms with E-state index in [2.05, 4.69) is 9.71 Å². The molecule has 0 aliphatic heterocycles. The molecule has 160 valence electrons. The SMILES string of the molecule is O=C(O)[C@H](Cc1c[nH]c2ccccc12)NS(=O)(=O)c1ccc(-c2ccc(CO)cc2)s1. The minimum Gasteiger partial charge on any atom is -0.480 e. The van der Waals surface area contributed by atoms with Crippen LogP contribution in [0.4, 0.5) is 0 Å². The number of para-hydroxylation sites is 1. The van der Waals surface area contributed by atoms with Crippen LogP contribution in [-0.2, 0) is 27.8 Å². The van der Waals surface area contributed by atoms with Gasteiger partial charge in [-0.15, -0.1) is 11.3 Å². The number of nitrogens with one attached hydrogen (secondary N) is 2. The molecule has 4 N–H and O–H groups in total. The Labute approximate surface area is 183 Å². The van der Waals surface area contributed by atoms with Crippen molar-refractivity contribution in [2.24, 2.45) is 0 Å². The van der Waals surface area contributed by atoms with Crippen LogP contribution in [0.15, 0.2) is 71.1 Å². The Morgan fingerprint density at radius 1 is 1.06 bits per heavy atom. The van der Waals surface area contributed by atoms with Crippen LogP contribution in [0.5, 0.6) is 0 Å². The van der Waals surface area contributed by atoms with E-state index in [1.54, 1.807) is 36.5 Å². The number of aliphatic hydroxyl groups is 1. The van der Waals surface area contributed by atoms with Crippen molar-refractivity contribution in [3.63, 3.8) is 0 Å². The van der Waals surface area contributed by atoms with Crippen molar-refractivity contribution in [1.82, 2.24) is 9.71 Å². The highest BCUT2D eigenvalue weighted by Gasteiger charge is 2.27. The molecular weight excluding hydrogens is 436 g/mol. The molecule has 9 heteroatoms. The highest BCUT2D eigenvalue weighted by atomic mass is 32.2. The summed E-state index contributed by atoms with van der Waals surface area (Å²) in [5.74, 6) is -1.25. The second-order valence-corrected chi connectivity index (χ2v) is 10.1. The molecule has 2 heterocycles. The van der Waals surface area contributed by atoms with E-state index in [1.165, 1.54) is 6.07 Å². The van der Waals surface area contributed by atoms with Crippen LogP contribution < -0.4 is 4.72 Å². The van der Waals surface area contributed by atoms with Crippen LogP contribution in [0.1, 0.15) is 11.1 Å². The maximum absolute atomic E-state index is 12.9. The number of aromatic nitrogens is 1. The van der Waals surface area contributed by atoms with E-state index in [9.17, 15) is 18.3 Å². The van der Waals surface area contributed by atoms with E-state index in [0.717, 1.165) is 43.8 Å². The molecule has 2 aromatic carbocycles. The van der Waals surface area contributed by atoms with E-state index in [4.69, 9.17) is 5.11 Å². The van der Waals surface area contributed by atoms with Crippen LogP contribution in [0.25, 0.3) is 21.3 Å². The Balaban J connectivity index is 1.56. The summed E-state index contributed by atoms with van der Waals surface area (Å²) in [6.45, 7) is -0.0682. The third-order valence-corrected chi connectivity index (χ3v) is 8.06. The summed E-state index contributed by atoms with van der Waals surface area (Å²) >= 11 is 1.06. The minimum absolute atomic E-state index is 0.0133. The average Bonchev–Trinajstić information content (AvgIpc) is 3.42. The highest BCUT2D eigenvalue weighted by molar-refractivity contribution is 7.91. The van der Waals surface area contributed by atoms with Gasteiger partial charge in [-0.05, 0) is 34.9 Å². The van der Waals surface area contributed by atoms with Crippen molar-refractivity contribution < 1.29 is 23.4 Å². The highest BCUT2D eigenvalue weighted by Crippen LogP contribution is 2.31. The summed E-state index contributed by atoms with van der Waals surface area (Å²) in [4.78, 5) is 15.6. The number of H-pyrrole nitrogens is 1. The third-order valence-electron chi connectivity index (χ3n) is 4.96. The van der Waals surface area contributed by atoms with Gasteiger partial charge < -0.3 is 15.2 Å². The summed E-state index contributed by atoms with van der Waals surface area (Å²) in [5, 5.41) is 19.6. The molecule has 0 saturated carbocycles. The average molecular weight is 457 g/mol. The van der Waals surface area contributed by atoms with Crippen LogP contribution in [0, 0.1) is 0 Å². The Kier molecular flexibility index (Phi) is 5.92. The molecule has 31 heavy (non-hydrogen) atoms. The molecule has 7 nitrogen and oxygen atoms in total. The van der Waals surface area contributed by atoms with Gasteiger partial charge in [0.15, 0.2) is 0 Å². The van der Waals surface area contributed by atoms with Crippen LogP contribution in [-0.4, -0.2) is 35.6 Å². The first-order valence-corrected chi connectivity index (χ1v) is 11.8. The number of carboxylic acids is 1. The normalized spacial score (nSPS) is 12.8. The zero-order valence-electron chi connectivity index (χ0n) is 16.3. The van der Waals surface area contributed by atoms with Gasteiger partial charge in [0, 0.05) is 28.4 Å². The lowest BCUT2D eigenvalue weighted by molar-refractivity contribution is -0.138. The van der Waals surface area contributed by atoms with Crippen molar-refractivity contribution in [1.29, 1.82) is 0 Å². The predicted molar refractivity (Wildman–Crippen MR) is 119 cm³/mol. The third kappa shape index (κ3) is 4.54. The number of thiophene rings is 1. The van der Waals surface area contributed by atoms with E-state index in [0.29, 0.717) is 0 Å². The number of aliphatic hydroxyl groups excluding tert-OH is 1. The van der Waals surface area contributed by atoms with Crippen LogP contribution >= 0.6 is 11.3 Å². The van der Waals surface area contributed by atoms with E-state index < -0.39 is 22.0 Å². The zero-order chi connectivity index (χ0) is 22.0. The zero-order valence-corrected chi connectivity index (χ0v) is 17.9. The molecule has 0 amide bonds. The van der Waals surface area contributed by atoms with Gasteiger partial charge >= 0.3 is 5.97 Å². The maximum atomic E-state index is 12.9. The maximum Gasteiger partial charge on any atom is 0.322 e. The number of rotatable bonds is 8. The first-order valence-electron chi connectivity index (χ1n) is 9.47. The fourth-order valence-corrected chi connectivity index (χ4v) is 5.86. The smallest absolute Gasteiger partial charge is 0.322 e. The van der Waals surface area contributed by atoms with Gasteiger partial charge in [0.25, 0.3) is 10.0 Å². The summed E-state index contributed by atoms with van der Waals surface area (Å²) in [7, 11) is -4.02. The fraction of sp³-hybridized carbons (Fsp3) is 0.136. The Morgan fingerprint density at radius 2 is 1.81 bits per heavy atom. The lowest BCUT2D eigenvalue weighted by Crippen LogP contribution is -2.41. The Bertz CT molecular complexity index is 1320. The van der Waals surface area contributed by atoms with Gasteiger partial charge in [-0.1, -0.05) is 42.5 Å². The van der Waals surface area contributed by atoms with Gasteiger partial charge in [-0.25, -0.2) is 8.42 Å². The molecule has 0 aliphatic rings. The number of carbonyl (C=O) groups is 1. The summed E-state index contributed by atoms with van der Waals surface area (Å²) in [5.41, 5.74) is 3.16. The molecule has 0 unspecified atom stereocenters. The monoisotopic (exact) mass is 456 g/mol. The number of hydrogen-bond acceptors (Lipinski definition) is 5. The minimum atomic E-state index is -4.02. The van der Waals surface area contributed by atoms with Gasteiger partial charge in [0.1, 0.15) is 10.3 Å². The second-order valence-electron chi connectivity index (χ2n) is 7.05. The predicted octanol–water partition coefficient (Wildman–Crippen LogP) is 3.36. The largest absolute Gasteiger partial charge is 0.480 e. The van der Waals surface area contributed by atoms with Gasteiger partial charge in [0.2, 0.25) is 0 Å². The van der Waals surface area contributed by atoms with Crippen molar-refractivity contribution in [3.8, 4) is 10.4 Å². The van der Waals surface area contributed by atoms with Gasteiger partial charge in [-0.2, -0.15) is 4.72 Å². The number of benzene rings is 2. The topological polar surface area (TPSA) is 119 Å². The molecular formula is C22H20N2O5S2.